The second-order valence-corrected chi connectivity index (χ2v) is 8.84. The summed E-state index contributed by atoms with van der Waals surface area (Å²) in [5.41, 5.74) is 2.88. The Bertz CT molecular complexity index is 1350. The zero-order chi connectivity index (χ0) is 24.6. The van der Waals surface area contributed by atoms with E-state index in [0.29, 0.717) is 17.0 Å². The highest BCUT2D eigenvalue weighted by Gasteiger charge is 2.39. The zero-order valence-corrected chi connectivity index (χ0v) is 20.3. The van der Waals surface area contributed by atoms with E-state index >= 15 is 0 Å². The first-order valence-electron chi connectivity index (χ1n) is 10.0. The number of anilines is 2. The number of nitrogens with zero attached hydrogens (tertiary/aromatic N) is 1. The van der Waals surface area contributed by atoms with Crippen LogP contribution in [-0.2, 0) is 9.59 Å². The Morgan fingerprint density at radius 2 is 1.47 bits per heavy atom. The quantitative estimate of drug-likeness (QED) is 0.246. The molecule has 1 heterocycles. The number of amides is 2. The number of esters is 1. The van der Waals surface area contributed by atoms with E-state index in [0.717, 1.165) is 16.0 Å². The molecule has 0 aromatic heterocycles. The smallest absolute Gasteiger partial charge is 0.343 e. The molecule has 0 saturated heterocycles. The van der Waals surface area contributed by atoms with E-state index in [-0.39, 0.29) is 26.5 Å². The molecule has 0 fully saturated rings. The molecule has 0 spiro atoms. The Hall–Kier alpha value is -3.32. The van der Waals surface area contributed by atoms with Crippen LogP contribution in [0.2, 0.25) is 10.0 Å². The van der Waals surface area contributed by atoms with Gasteiger partial charge >= 0.3 is 5.97 Å². The van der Waals surface area contributed by atoms with Gasteiger partial charge in [-0.05, 0) is 79.6 Å². The molecule has 0 aliphatic carbocycles. The van der Waals surface area contributed by atoms with Gasteiger partial charge in [-0.3, -0.25) is 9.59 Å². The number of nitrogens with one attached hydrogen (secondary N) is 1. The Kier molecular flexibility index (Phi) is 6.66. The van der Waals surface area contributed by atoms with Crippen LogP contribution in [-0.4, -0.2) is 17.8 Å². The molecule has 2 amide bonds. The van der Waals surface area contributed by atoms with Crippen molar-refractivity contribution in [1.82, 2.24) is 0 Å². The van der Waals surface area contributed by atoms with Gasteiger partial charge in [0.1, 0.15) is 16.5 Å². The van der Waals surface area contributed by atoms with E-state index in [9.17, 15) is 14.4 Å². The fourth-order valence-electron chi connectivity index (χ4n) is 3.46. The zero-order valence-electron chi connectivity index (χ0n) is 18.0. The number of carbonyl (C=O) groups is 3. The van der Waals surface area contributed by atoms with Gasteiger partial charge in [0.25, 0.3) is 11.8 Å². The average molecular weight is 516 g/mol. The lowest BCUT2D eigenvalue weighted by atomic mass is 10.1. The van der Waals surface area contributed by atoms with E-state index in [2.05, 4.69) is 5.32 Å². The lowest BCUT2D eigenvalue weighted by molar-refractivity contribution is -0.120. The normalized spacial score (nSPS) is 13.5. The Balaban J connectivity index is 1.49. The van der Waals surface area contributed by atoms with Crippen molar-refractivity contribution in [2.24, 2.45) is 0 Å². The van der Waals surface area contributed by atoms with Gasteiger partial charge in [0.05, 0.1) is 21.3 Å². The van der Waals surface area contributed by atoms with E-state index < -0.39 is 17.8 Å². The molecule has 3 aromatic carbocycles. The molecule has 6 nitrogen and oxygen atoms in total. The minimum absolute atomic E-state index is 0.0942. The lowest BCUT2D eigenvalue weighted by Gasteiger charge is -2.15. The van der Waals surface area contributed by atoms with Crippen molar-refractivity contribution in [2.75, 3.05) is 10.2 Å². The van der Waals surface area contributed by atoms with Crippen molar-refractivity contribution in [3.8, 4) is 5.75 Å². The Labute approximate surface area is 210 Å². The van der Waals surface area contributed by atoms with Gasteiger partial charge in [-0.15, -0.1) is 0 Å². The van der Waals surface area contributed by atoms with Gasteiger partial charge in [-0.2, -0.15) is 0 Å². The number of ether oxygens (including phenoxy) is 1. The number of aryl methyl sites for hydroxylation is 2. The second kappa shape index (κ2) is 9.50. The summed E-state index contributed by atoms with van der Waals surface area (Å²) in [4.78, 5) is 38.9. The SMILES string of the molecule is Cc1cc(C)cc(OC(=O)c2ccc(NC3=C(Cl)C(=O)N(c4ccc(Cl)c(Cl)c4)C3=O)cc2)c1. The molecule has 0 saturated carbocycles. The van der Waals surface area contributed by atoms with Gasteiger partial charge in [0.15, 0.2) is 0 Å². The minimum Gasteiger partial charge on any atom is -0.423 e. The van der Waals surface area contributed by atoms with Gasteiger partial charge in [-0.25, -0.2) is 9.69 Å². The molecule has 0 bridgehead atoms. The standard InChI is InChI=1S/C25H17Cl3N2O4/c1-13-9-14(2)11-18(10-13)34-25(33)15-3-5-16(6-4-15)29-22-21(28)23(31)30(24(22)32)17-7-8-19(26)20(27)12-17/h3-12,29H,1-2H3. The summed E-state index contributed by atoms with van der Waals surface area (Å²) in [7, 11) is 0. The second-order valence-electron chi connectivity index (χ2n) is 7.65. The first-order valence-corrected chi connectivity index (χ1v) is 11.2. The van der Waals surface area contributed by atoms with Crippen LogP contribution in [0.4, 0.5) is 11.4 Å². The molecule has 0 unspecified atom stereocenters. The maximum absolute atomic E-state index is 12.9. The molecule has 4 rings (SSSR count). The van der Waals surface area contributed by atoms with Crippen LogP contribution in [0, 0.1) is 13.8 Å². The van der Waals surface area contributed by atoms with Crippen molar-refractivity contribution in [1.29, 1.82) is 0 Å². The molecule has 1 aliphatic rings. The average Bonchev–Trinajstić information content (AvgIpc) is 2.98. The molecule has 3 aromatic rings. The van der Waals surface area contributed by atoms with Gasteiger partial charge < -0.3 is 10.1 Å². The molecule has 1 aliphatic heterocycles. The molecular weight excluding hydrogens is 499 g/mol. The summed E-state index contributed by atoms with van der Waals surface area (Å²) in [6, 6.07) is 16.2. The van der Waals surface area contributed by atoms with Gasteiger partial charge in [-0.1, -0.05) is 40.9 Å². The third-order valence-corrected chi connectivity index (χ3v) is 6.07. The van der Waals surface area contributed by atoms with E-state index in [1.807, 2.05) is 19.9 Å². The summed E-state index contributed by atoms with van der Waals surface area (Å²) in [6.07, 6.45) is 0. The largest absolute Gasteiger partial charge is 0.423 e. The number of halogens is 3. The number of rotatable bonds is 5. The van der Waals surface area contributed by atoms with Crippen molar-refractivity contribution in [3.05, 3.63) is 98.1 Å². The fraction of sp³-hybridized carbons (Fsp3) is 0.0800. The first kappa shape index (κ1) is 23.8. The molecule has 1 N–H and O–H groups in total. The molecule has 0 radical (unpaired) electrons. The number of benzene rings is 3. The first-order chi connectivity index (χ1) is 16.1. The topological polar surface area (TPSA) is 75.7 Å². The Morgan fingerprint density at radius 1 is 0.824 bits per heavy atom. The molecular formula is C25H17Cl3N2O4. The third-order valence-electron chi connectivity index (χ3n) is 4.98. The molecule has 34 heavy (non-hydrogen) atoms. The highest BCUT2D eigenvalue weighted by atomic mass is 35.5. The summed E-state index contributed by atoms with van der Waals surface area (Å²) < 4.78 is 5.45. The highest BCUT2D eigenvalue weighted by Crippen LogP contribution is 2.33. The van der Waals surface area contributed by atoms with Crippen molar-refractivity contribution in [2.45, 2.75) is 13.8 Å². The number of imide groups is 1. The van der Waals surface area contributed by atoms with Crippen LogP contribution in [0.25, 0.3) is 0 Å². The number of hydrogen-bond acceptors (Lipinski definition) is 5. The van der Waals surface area contributed by atoms with Crippen LogP contribution in [0.3, 0.4) is 0 Å². The van der Waals surface area contributed by atoms with E-state index in [4.69, 9.17) is 39.5 Å². The maximum Gasteiger partial charge on any atom is 0.343 e. The predicted molar refractivity (Wildman–Crippen MR) is 133 cm³/mol. The maximum atomic E-state index is 12.9. The number of hydrogen-bond donors (Lipinski definition) is 1. The van der Waals surface area contributed by atoms with Crippen LogP contribution < -0.4 is 15.0 Å². The van der Waals surface area contributed by atoms with E-state index in [1.165, 1.54) is 18.2 Å². The summed E-state index contributed by atoms with van der Waals surface area (Å²) in [5, 5.41) is 3.07. The Morgan fingerprint density at radius 3 is 2.09 bits per heavy atom. The van der Waals surface area contributed by atoms with Gasteiger partial charge in [0, 0.05) is 5.69 Å². The molecule has 172 valence electrons. The van der Waals surface area contributed by atoms with Crippen LogP contribution in [0.15, 0.2) is 71.4 Å². The van der Waals surface area contributed by atoms with Crippen molar-refractivity contribution < 1.29 is 19.1 Å². The summed E-state index contributed by atoms with van der Waals surface area (Å²) in [5.74, 6) is -1.40. The minimum atomic E-state index is -0.693. The predicted octanol–water partition coefficient (Wildman–Crippen LogP) is 6.27. The van der Waals surface area contributed by atoms with Crippen molar-refractivity contribution >= 4 is 64.0 Å². The third kappa shape index (κ3) is 4.80. The fourth-order valence-corrected chi connectivity index (χ4v) is 3.97. The highest BCUT2D eigenvalue weighted by molar-refractivity contribution is 6.53. The molecule has 0 atom stereocenters. The summed E-state index contributed by atoms with van der Waals surface area (Å²) in [6.45, 7) is 3.84. The lowest BCUT2D eigenvalue weighted by Crippen LogP contribution is -2.32. The van der Waals surface area contributed by atoms with Crippen LogP contribution >= 0.6 is 34.8 Å². The summed E-state index contributed by atoms with van der Waals surface area (Å²) >= 11 is 18.1. The number of carbonyl (C=O) groups excluding carboxylic acids is 3. The van der Waals surface area contributed by atoms with Gasteiger partial charge in [0.2, 0.25) is 0 Å². The monoisotopic (exact) mass is 514 g/mol. The van der Waals surface area contributed by atoms with Crippen LogP contribution in [0.5, 0.6) is 5.75 Å². The van der Waals surface area contributed by atoms with Crippen LogP contribution in [0.1, 0.15) is 21.5 Å². The molecule has 9 heteroatoms. The van der Waals surface area contributed by atoms with Crippen molar-refractivity contribution in [3.63, 3.8) is 0 Å². The van der Waals surface area contributed by atoms with E-state index in [1.54, 1.807) is 36.4 Å².